The van der Waals surface area contributed by atoms with Crippen molar-refractivity contribution in [2.75, 3.05) is 0 Å². The Morgan fingerprint density at radius 2 is 2.00 bits per heavy atom. The minimum Gasteiger partial charge on any atom is -0.475 e. The summed E-state index contributed by atoms with van der Waals surface area (Å²) in [4.78, 5) is 26.4. The van der Waals surface area contributed by atoms with Crippen LogP contribution in [0, 0.1) is 17.0 Å². The average molecular weight is 324 g/mol. The molecule has 122 valence electrons. The summed E-state index contributed by atoms with van der Waals surface area (Å²) in [5.41, 5.74) is 1.97. The molecule has 24 heavy (non-hydrogen) atoms. The van der Waals surface area contributed by atoms with Gasteiger partial charge in [0.1, 0.15) is 0 Å². The Balaban J connectivity index is 1.89. The first-order valence-electron chi connectivity index (χ1n) is 7.49. The third kappa shape index (κ3) is 2.86. The summed E-state index contributed by atoms with van der Waals surface area (Å²) in [7, 11) is 0. The van der Waals surface area contributed by atoms with E-state index in [-0.39, 0.29) is 17.2 Å². The van der Waals surface area contributed by atoms with Gasteiger partial charge in [0.05, 0.1) is 4.92 Å². The number of nitrogens with one attached hydrogen (secondary N) is 1. The molecule has 3 aromatic rings. The third-order valence-electron chi connectivity index (χ3n) is 3.84. The summed E-state index contributed by atoms with van der Waals surface area (Å²) in [6, 6.07) is 12.1. The van der Waals surface area contributed by atoms with E-state index in [1.807, 2.05) is 24.3 Å². The van der Waals surface area contributed by atoms with Crippen LogP contribution in [0.25, 0.3) is 10.9 Å². The van der Waals surface area contributed by atoms with Crippen molar-refractivity contribution in [1.82, 2.24) is 4.98 Å². The summed E-state index contributed by atoms with van der Waals surface area (Å²) < 4.78 is 5.59. The van der Waals surface area contributed by atoms with Crippen molar-refractivity contribution in [3.05, 3.63) is 69.9 Å². The highest BCUT2D eigenvalue weighted by molar-refractivity contribution is 6.09. The van der Waals surface area contributed by atoms with Crippen molar-refractivity contribution in [2.24, 2.45) is 0 Å². The molecule has 6 nitrogen and oxygen atoms in total. The average Bonchev–Trinajstić information content (AvgIpc) is 2.99. The molecular formula is C18H16N2O4. The molecular weight excluding hydrogens is 308 g/mol. The van der Waals surface area contributed by atoms with Crippen LogP contribution in [-0.4, -0.2) is 21.8 Å². The molecule has 0 aliphatic carbocycles. The number of hydrogen-bond acceptors (Lipinski definition) is 4. The number of H-pyrrole nitrogens is 1. The highest BCUT2D eigenvalue weighted by Gasteiger charge is 2.24. The Morgan fingerprint density at radius 1 is 1.25 bits per heavy atom. The normalized spacial score (nSPS) is 12.1. The highest BCUT2D eigenvalue weighted by atomic mass is 16.6. The molecule has 1 aromatic heterocycles. The zero-order valence-corrected chi connectivity index (χ0v) is 13.3. The van der Waals surface area contributed by atoms with Gasteiger partial charge < -0.3 is 9.72 Å². The van der Waals surface area contributed by atoms with E-state index in [2.05, 4.69) is 4.98 Å². The largest absolute Gasteiger partial charge is 0.475 e. The van der Waals surface area contributed by atoms with Crippen molar-refractivity contribution in [2.45, 2.75) is 20.0 Å². The number of ether oxygens (including phenoxy) is 1. The van der Waals surface area contributed by atoms with Crippen molar-refractivity contribution in [3.63, 3.8) is 0 Å². The van der Waals surface area contributed by atoms with Crippen LogP contribution >= 0.6 is 0 Å². The Bertz CT molecular complexity index is 930. The molecule has 0 aliphatic rings. The van der Waals surface area contributed by atoms with Gasteiger partial charge >= 0.3 is 5.69 Å². The van der Waals surface area contributed by atoms with E-state index in [1.54, 1.807) is 26.1 Å². The van der Waals surface area contributed by atoms with Crippen LogP contribution in [0.3, 0.4) is 0 Å². The number of fused-ring (bicyclic) bond motifs is 1. The quantitative estimate of drug-likeness (QED) is 0.436. The van der Waals surface area contributed by atoms with Crippen LogP contribution < -0.4 is 4.74 Å². The molecule has 1 N–H and O–H groups in total. The van der Waals surface area contributed by atoms with E-state index in [9.17, 15) is 14.9 Å². The molecule has 0 bridgehead atoms. The fourth-order valence-corrected chi connectivity index (χ4v) is 2.61. The SMILES string of the molecule is Cc1ccc(O[C@@H](C)C(=O)c2c[nH]c3ccccc23)c([N+](=O)[O-])c1. The first-order chi connectivity index (χ1) is 11.5. The Hall–Kier alpha value is -3.15. The smallest absolute Gasteiger partial charge is 0.311 e. The molecule has 2 aromatic carbocycles. The number of nitro groups is 1. The topological polar surface area (TPSA) is 85.2 Å². The summed E-state index contributed by atoms with van der Waals surface area (Å²) in [6.07, 6.45) is 0.793. The minimum absolute atomic E-state index is 0.0892. The fourth-order valence-electron chi connectivity index (χ4n) is 2.61. The lowest BCUT2D eigenvalue weighted by molar-refractivity contribution is -0.386. The van der Waals surface area contributed by atoms with E-state index in [0.29, 0.717) is 5.56 Å². The molecule has 0 aliphatic heterocycles. The lowest BCUT2D eigenvalue weighted by Gasteiger charge is -2.13. The van der Waals surface area contributed by atoms with Gasteiger partial charge in [0.15, 0.2) is 11.9 Å². The molecule has 6 heteroatoms. The lowest BCUT2D eigenvalue weighted by Crippen LogP contribution is -2.24. The van der Waals surface area contributed by atoms with E-state index in [1.165, 1.54) is 12.1 Å². The number of carbonyl (C=O) groups is 1. The van der Waals surface area contributed by atoms with Crippen LogP contribution in [-0.2, 0) is 0 Å². The molecule has 1 heterocycles. The van der Waals surface area contributed by atoms with Crippen LogP contribution in [0.1, 0.15) is 22.8 Å². The van der Waals surface area contributed by atoms with Crippen LogP contribution in [0.5, 0.6) is 5.75 Å². The first kappa shape index (κ1) is 15.7. The molecule has 1 atom stereocenters. The molecule has 0 saturated heterocycles. The summed E-state index contributed by atoms with van der Waals surface area (Å²) >= 11 is 0. The standard InChI is InChI=1S/C18H16N2O4/c1-11-7-8-17(16(9-11)20(22)23)24-12(2)18(21)14-10-19-15-6-4-3-5-13(14)15/h3-10,12,19H,1-2H3/t12-/m0/s1. The van der Waals surface area contributed by atoms with E-state index >= 15 is 0 Å². The number of Topliss-reactive ketones (excluding diaryl/α,β-unsaturated/α-hetero) is 1. The van der Waals surface area contributed by atoms with Gasteiger partial charge in [0.25, 0.3) is 0 Å². The molecule has 0 radical (unpaired) electrons. The number of aromatic nitrogens is 1. The lowest BCUT2D eigenvalue weighted by atomic mass is 10.1. The van der Waals surface area contributed by atoms with Gasteiger partial charge in [-0.05, 0) is 31.5 Å². The zero-order valence-electron chi connectivity index (χ0n) is 13.3. The second-order valence-electron chi connectivity index (χ2n) is 5.60. The number of hydrogen-bond donors (Lipinski definition) is 1. The molecule has 0 unspecified atom stereocenters. The number of ketones is 1. The van der Waals surface area contributed by atoms with E-state index in [4.69, 9.17) is 4.74 Å². The maximum Gasteiger partial charge on any atom is 0.311 e. The number of para-hydroxylation sites is 1. The maximum atomic E-state index is 12.7. The highest BCUT2D eigenvalue weighted by Crippen LogP contribution is 2.29. The summed E-state index contributed by atoms with van der Waals surface area (Å²) in [5.74, 6) is -0.145. The summed E-state index contributed by atoms with van der Waals surface area (Å²) in [6.45, 7) is 3.35. The number of carbonyl (C=O) groups excluding carboxylic acids is 1. The number of aromatic amines is 1. The Kier molecular flexibility index (Phi) is 4.04. The zero-order chi connectivity index (χ0) is 17.3. The number of nitrogens with zero attached hydrogens (tertiary/aromatic N) is 1. The van der Waals surface area contributed by atoms with Crippen LogP contribution in [0.15, 0.2) is 48.7 Å². The van der Waals surface area contributed by atoms with Gasteiger partial charge in [-0.1, -0.05) is 24.3 Å². The molecule has 0 spiro atoms. The maximum absolute atomic E-state index is 12.7. The van der Waals surface area contributed by atoms with Gasteiger partial charge in [0, 0.05) is 28.7 Å². The predicted molar refractivity (Wildman–Crippen MR) is 90.6 cm³/mol. The van der Waals surface area contributed by atoms with Gasteiger partial charge in [-0.25, -0.2) is 0 Å². The molecule has 0 amide bonds. The summed E-state index contributed by atoms with van der Waals surface area (Å²) in [5, 5.41) is 12.0. The van der Waals surface area contributed by atoms with Gasteiger partial charge in [-0.3, -0.25) is 14.9 Å². The van der Waals surface area contributed by atoms with E-state index < -0.39 is 11.0 Å². The monoisotopic (exact) mass is 324 g/mol. The molecule has 0 saturated carbocycles. The van der Waals surface area contributed by atoms with Gasteiger partial charge in [-0.2, -0.15) is 0 Å². The number of aryl methyl sites for hydroxylation is 1. The predicted octanol–water partition coefficient (Wildman–Crippen LogP) is 4.03. The molecule has 0 fully saturated rings. The van der Waals surface area contributed by atoms with E-state index in [0.717, 1.165) is 16.5 Å². The first-order valence-corrected chi connectivity index (χ1v) is 7.49. The van der Waals surface area contributed by atoms with Crippen LogP contribution in [0.2, 0.25) is 0 Å². The Morgan fingerprint density at radius 3 is 2.75 bits per heavy atom. The number of benzene rings is 2. The minimum atomic E-state index is -0.842. The second-order valence-corrected chi connectivity index (χ2v) is 5.60. The Labute approximate surface area is 138 Å². The second kappa shape index (κ2) is 6.16. The van der Waals surface area contributed by atoms with Crippen LogP contribution in [0.4, 0.5) is 5.69 Å². The van der Waals surface area contributed by atoms with Crippen molar-refractivity contribution >= 4 is 22.4 Å². The molecule has 3 rings (SSSR count). The fraction of sp³-hybridized carbons (Fsp3) is 0.167. The number of nitro benzene ring substituents is 1. The van der Waals surface area contributed by atoms with Gasteiger partial charge in [0.2, 0.25) is 5.78 Å². The van der Waals surface area contributed by atoms with Gasteiger partial charge in [-0.15, -0.1) is 0 Å². The van der Waals surface area contributed by atoms with Crippen molar-refractivity contribution < 1.29 is 14.5 Å². The van der Waals surface area contributed by atoms with Crippen molar-refractivity contribution in [3.8, 4) is 5.75 Å². The number of rotatable bonds is 5. The van der Waals surface area contributed by atoms with Crippen molar-refractivity contribution in [1.29, 1.82) is 0 Å². The third-order valence-corrected chi connectivity index (χ3v) is 3.84.